The van der Waals surface area contributed by atoms with Crippen LogP contribution in [0.15, 0.2) is 48.5 Å². The van der Waals surface area contributed by atoms with Crippen molar-refractivity contribution in [1.82, 2.24) is 5.32 Å². The predicted molar refractivity (Wildman–Crippen MR) is 73.4 cm³/mol. The lowest BCUT2D eigenvalue weighted by molar-refractivity contribution is 0.589. The van der Waals surface area contributed by atoms with Crippen LogP contribution in [0.5, 0.6) is 0 Å². The lowest BCUT2D eigenvalue weighted by Gasteiger charge is -2.17. The van der Waals surface area contributed by atoms with Crippen LogP contribution in [0.1, 0.15) is 17.2 Å². The number of likely N-dealkylation sites (N-methyl/N-ethyl adjacent to an activating group) is 1. The summed E-state index contributed by atoms with van der Waals surface area (Å²) in [6.45, 7) is 0. The van der Waals surface area contributed by atoms with E-state index in [0.717, 1.165) is 12.0 Å². The van der Waals surface area contributed by atoms with Gasteiger partial charge in [-0.15, -0.1) is 0 Å². The van der Waals surface area contributed by atoms with Crippen LogP contribution in [0.25, 0.3) is 0 Å². The molecule has 0 aliphatic heterocycles. The summed E-state index contributed by atoms with van der Waals surface area (Å²) >= 11 is 6.05. The molecule has 3 heteroatoms. The van der Waals surface area contributed by atoms with Crippen LogP contribution in [0.4, 0.5) is 4.39 Å². The highest BCUT2D eigenvalue weighted by molar-refractivity contribution is 6.31. The van der Waals surface area contributed by atoms with Gasteiger partial charge >= 0.3 is 0 Å². The van der Waals surface area contributed by atoms with Gasteiger partial charge in [0.05, 0.1) is 0 Å². The molecular weight excluding hydrogens is 249 g/mol. The van der Waals surface area contributed by atoms with Crippen molar-refractivity contribution in [2.24, 2.45) is 0 Å². The molecule has 94 valence electrons. The first-order valence-corrected chi connectivity index (χ1v) is 6.24. The van der Waals surface area contributed by atoms with Gasteiger partial charge in [-0.1, -0.05) is 48.0 Å². The van der Waals surface area contributed by atoms with Gasteiger partial charge in [-0.25, -0.2) is 4.39 Å². The maximum Gasteiger partial charge on any atom is 0.124 e. The third-order valence-corrected chi connectivity index (χ3v) is 3.34. The molecule has 0 saturated heterocycles. The van der Waals surface area contributed by atoms with Crippen LogP contribution >= 0.6 is 11.6 Å². The number of benzene rings is 2. The Bertz CT molecular complexity index is 513. The highest BCUT2D eigenvalue weighted by Gasteiger charge is 2.12. The van der Waals surface area contributed by atoms with E-state index in [4.69, 9.17) is 11.6 Å². The molecule has 0 bridgehead atoms. The first-order valence-electron chi connectivity index (χ1n) is 5.87. The zero-order valence-corrected chi connectivity index (χ0v) is 10.9. The molecule has 1 unspecified atom stereocenters. The van der Waals surface area contributed by atoms with Crippen LogP contribution in [-0.4, -0.2) is 7.05 Å². The average Bonchev–Trinajstić information content (AvgIpc) is 2.39. The molecule has 0 radical (unpaired) electrons. The van der Waals surface area contributed by atoms with Gasteiger partial charge < -0.3 is 5.32 Å². The van der Waals surface area contributed by atoms with Gasteiger partial charge in [-0.05, 0) is 36.7 Å². The summed E-state index contributed by atoms with van der Waals surface area (Å²) in [6.07, 6.45) is 0.736. The predicted octanol–water partition coefficient (Wildman–Crippen LogP) is 3.98. The minimum Gasteiger partial charge on any atom is -0.313 e. The van der Waals surface area contributed by atoms with Gasteiger partial charge in [-0.3, -0.25) is 0 Å². The maximum atomic E-state index is 13.0. The Balaban J connectivity index is 2.21. The SMILES string of the molecule is CNC(Cc1ccc(F)cc1Cl)c1ccccc1. The normalized spacial score (nSPS) is 12.4. The van der Waals surface area contributed by atoms with Gasteiger partial charge in [0.25, 0.3) is 0 Å². The number of hydrogen-bond acceptors (Lipinski definition) is 1. The van der Waals surface area contributed by atoms with E-state index in [1.807, 2.05) is 25.2 Å². The number of hydrogen-bond donors (Lipinski definition) is 1. The molecule has 0 amide bonds. The first kappa shape index (κ1) is 13.1. The summed E-state index contributed by atoms with van der Waals surface area (Å²) in [4.78, 5) is 0. The van der Waals surface area contributed by atoms with Crippen molar-refractivity contribution in [1.29, 1.82) is 0 Å². The van der Waals surface area contributed by atoms with Gasteiger partial charge in [0, 0.05) is 11.1 Å². The molecule has 1 atom stereocenters. The second-order valence-electron chi connectivity index (χ2n) is 4.19. The number of rotatable bonds is 4. The molecule has 18 heavy (non-hydrogen) atoms. The summed E-state index contributed by atoms with van der Waals surface area (Å²) in [6, 6.07) is 14.9. The molecule has 0 heterocycles. The molecule has 0 aliphatic carbocycles. The van der Waals surface area contributed by atoms with E-state index in [2.05, 4.69) is 17.4 Å². The highest BCUT2D eigenvalue weighted by Crippen LogP contribution is 2.24. The minimum atomic E-state index is -0.301. The van der Waals surface area contributed by atoms with E-state index in [0.29, 0.717) is 5.02 Å². The second kappa shape index (κ2) is 5.98. The number of halogens is 2. The van der Waals surface area contributed by atoms with E-state index in [9.17, 15) is 4.39 Å². The summed E-state index contributed by atoms with van der Waals surface area (Å²) in [7, 11) is 1.91. The van der Waals surface area contributed by atoms with Crippen LogP contribution in [0.2, 0.25) is 5.02 Å². The quantitative estimate of drug-likeness (QED) is 0.880. The third-order valence-electron chi connectivity index (χ3n) is 2.99. The first-order chi connectivity index (χ1) is 8.70. The highest BCUT2D eigenvalue weighted by atomic mass is 35.5. The summed E-state index contributed by atoms with van der Waals surface area (Å²) < 4.78 is 13.0. The molecular formula is C15H15ClFN. The smallest absolute Gasteiger partial charge is 0.124 e. The van der Waals surface area contributed by atoms with E-state index in [1.54, 1.807) is 6.07 Å². The van der Waals surface area contributed by atoms with Gasteiger partial charge in [0.1, 0.15) is 5.82 Å². The fourth-order valence-electron chi connectivity index (χ4n) is 1.98. The van der Waals surface area contributed by atoms with Crippen molar-refractivity contribution >= 4 is 11.6 Å². The summed E-state index contributed by atoms with van der Waals surface area (Å²) in [5.74, 6) is -0.301. The lowest BCUT2D eigenvalue weighted by Crippen LogP contribution is -2.18. The number of nitrogens with one attached hydrogen (secondary N) is 1. The van der Waals surface area contributed by atoms with Gasteiger partial charge in [0.2, 0.25) is 0 Å². The maximum absolute atomic E-state index is 13.0. The molecule has 1 N–H and O–H groups in total. The Morgan fingerprint density at radius 3 is 2.50 bits per heavy atom. The van der Waals surface area contributed by atoms with Crippen molar-refractivity contribution in [3.05, 3.63) is 70.5 Å². The molecule has 0 saturated carbocycles. The van der Waals surface area contributed by atoms with E-state index in [1.165, 1.54) is 17.7 Å². The van der Waals surface area contributed by atoms with E-state index >= 15 is 0 Å². The zero-order valence-electron chi connectivity index (χ0n) is 10.2. The Kier molecular flexibility index (Phi) is 4.34. The summed E-state index contributed by atoms with van der Waals surface area (Å²) in [5.41, 5.74) is 2.14. The molecule has 0 aromatic heterocycles. The second-order valence-corrected chi connectivity index (χ2v) is 4.60. The summed E-state index contributed by atoms with van der Waals surface area (Å²) in [5, 5.41) is 3.73. The molecule has 0 aliphatic rings. The van der Waals surface area contributed by atoms with Crippen molar-refractivity contribution in [2.45, 2.75) is 12.5 Å². The van der Waals surface area contributed by atoms with Gasteiger partial charge in [0.15, 0.2) is 0 Å². The van der Waals surface area contributed by atoms with Crippen molar-refractivity contribution in [3.8, 4) is 0 Å². The molecule has 2 aromatic rings. The van der Waals surface area contributed by atoms with Crippen LogP contribution < -0.4 is 5.32 Å². The van der Waals surface area contributed by atoms with E-state index < -0.39 is 0 Å². The van der Waals surface area contributed by atoms with Crippen LogP contribution in [-0.2, 0) is 6.42 Å². The Hall–Kier alpha value is -1.38. The molecule has 0 spiro atoms. The monoisotopic (exact) mass is 263 g/mol. The standard InChI is InChI=1S/C15H15ClFN/c1-18-15(11-5-3-2-4-6-11)9-12-7-8-13(17)10-14(12)16/h2-8,10,15,18H,9H2,1H3. The molecule has 2 rings (SSSR count). The topological polar surface area (TPSA) is 12.0 Å². The molecule has 0 fully saturated rings. The van der Waals surface area contributed by atoms with E-state index in [-0.39, 0.29) is 11.9 Å². The van der Waals surface area contributed by atoms with Crippen molar-refractivity contribution < 1.29 is 4.39 Å². The van der Waals surface area contributed by atoms with Crippen molar-refractivity contribution in [3.63, 3.8) is 0 Å². The fourth-order valence-corrected chi connectivity index (χ4v) is 2.22. The lowest BCUT2D eigenvalue weighted by atomic mass is 9.99. The minimum absolute atomic E-state index is 0.175. The molecule has 1 nitrogen and oxygen atoms in total. The largest absolute Gasteiger partial charge is 0.313 e. The fraction of sp³-hybridized carbons (Fsp3) is 0.200. The Morgan fingerprint density at radius 1 is 1.17 bits per heavy atom. The van der Waals surface area contributed by atoms with Crippen LogP contribution in [0, 0.1) is 5.82 Å². The average molecular weight is 264 g/mol. The molecule has 2 aromatic carbocycles. The Labute approximate surface area is 112 Å². The Morgan fingerprint density at radius 2 is 1.89 bits per heavy atom. The van der Waals surface area contributed by atoms with Crippen molar-refractivity contribution in [2.75, 3.05) is 7.05 Å². The van der Waals surface area contributed by atoms with Crippen LogP contribution in [0.3, 0.4) is 0 Å². The third kappa shape index (κ3) is 3.09. The van der Waals surface area contributed by atoms with Gasteiger partial charge in [-0.2, -0.15) is 0 Å². The zero-order chi connectivity index (χ0) is 13.0.